The van der Waals surface area contributed by atoms with E-state index in [0.717, 1.165) is 4.88 Å². The van der Waals surface area contributed by atoms with Crippen molar-refractivity contribution in [2.45, 2.75) is 38.8 Å². The fraction of sp³-hybridized carbons (Fsp3) is 0.538. The Bertz CT molecular complexity index is 503. The molecule has 19 heavy (non-hydrogen) atoms. The highest BCUT2D eigenvalue weighted by Crippen LogP contribution is 2.34. The van der Waals surface area contributed by atoms with Crippen molar-refractivity contribution in [3.05, 3.63) is 21.9 Å². The molecule has 1 aliphatic rings. The smallest absolute Gasteiger partial charge is 0.411 e. The van der Waals surface area contributed by atoms with Gasteiger partial charge in [-0.15, -0.1) is 11.3 Å². The maximum Gasteiger partial charge on any atom is 0.411 e. The molecule has 0 aliphatic carbocycles. The highest BCUT2D eigenvalue weighted by atomic mass is 32.1. The SMILES string of the molecule is CC(C)(C)OC(=O)N1CCc2sccc2C1C(=O)O. The average Bonchev–Trinajstić information content (AvgIpc) is 2.72. The second-order valence-electron chi connectivity index (χ2n) is 5.46. The van der Waals surface area contributed by atoms with E-state index >= 15 is 0 Å². The van der Waals surface area contributed by atoms with Crippen LogP contribution in [0.25, 0.3) is 0 Å². The van der Waals surface area contributed by atoms with Gasteiger partial charge in [0.2, 0.25) is 0 Å². The van der Waals surface area contributed by atoms with Gasteiger partial charge in [-0.1, -0.05) is 0 Å². The quantitative estimate of drug-likeness (QED) is 0.860. The molecule has 2 heterocycles. The van der Waals surface area contributed by atoms with Crippen LogP contribution in [-0.2, 0) is 16.0 Å². The zero-order valence-electron chi connectivity index (χ0n) is 11.2. The van der Waals surface area contributed by atoms with Crippen molar-refractivity contribution in [2.24, 2.45) is 0 Å². The summed E-state index contributed by atoms with van der Waals surface area (Å²) in [4.78, 5) is 25.9. The Morgan fingerprint density at radius 3 is 2.74 bits per heavy atom. The first-order valence-corrected chi connectivity index (χ1v) is 6.96. The lowest BCUT2D eigenvalue weighted by atomic mass is 10.0. The summed E-state index contributed by atoms with van der Waals surface area (Å²) in [5.41, 5.74) is 0.0734. The molecule has 0 radical (unpaired) electrons. The number of ether oxygens (including phenoxy) is 1. The molecule has 0 fully saturated rings. The Kier molecular flexibility index (Phi) is 3.54. The molecule has 0 saturated carbocycles. The molecule has 1 N–H and O–H groups in total. The molecule has 0 spiro atoms. The summed E-state index contributed by atoms with van der Waals surface area (Å²) in [5, 5.41) is 11.2. The van der Waals surface area contributed by atoms with Crippen LogP contribution in [0.15, 0.2) is 11.4 Å². The van der Waals surface area contributed by atoms with Crippen LogP contribution in [0.2, 0.25) is 0 Å². The minimum atomic E-state index is -1.02. The molecular weight excluding hydrogens is 266 g/mol. The van der Waals surface area contributed by atoms with E-state index in [9.17, 15) is 14.7 Å². The molecule has 0 saturated heterocycles. The van der Waals surface area contributed by atoms with Gasteiger partial charge in [-0.05, 0) is 44.2 Å². The van der Waals surface area contributed by atoms with Crippen LogP contribution in [0, 0.1) is 0 Å². The number of amides is 1. The van der Waals surface area contributed by atoms with Crippen LogP contribution in [-0.4, -0.2) is 34.2 Å². The normalized spacial score (nSPS) is 18.9. The number of nitrogens with zero attached hydrogens (tertiary/aromatic N) is 1. The predicted molar refractivity (Wildman–Crippen MR) is 71.3 cm³/mol. The van der Waals surface area contributed by atoms with E-state index in [1.165, 1.54) is 16.2 Å². The molecule has 0 aromatic carbocycles. The van der Waals surface area contributed by atoms with Gasteiger partial charge in [-0.3, -0.25) is 4.90 Å². The van der Waals surface area contributed by atoms with E-state index < -0.39 is 23.7 Å². The summed E-state index contributed by atoms with van der Waals surface area (Å²) in [6.07, 6.45) is 0.104. The molecule has 2 rings (SSSR count). The second kappa shape index (κ2) is 4.85. The summed E-state index contributed by atoms with van der Waals surface area (Å²) in [7, 11) is 0. The molecule has 104 valence electrons. The van der Waals surface area contributed by atoms with Crippen LogP contribution in [0.3, 0.4) is 0 Å². The Morgan fingerprint density at radius 1 is 1.47 bits per heavy atom. The van der Waals surface area contributed by atoms with Gasteiger partial charge in [0.15, 0.2) is 6.04 Å². The summed E-state index contributed by atoms with van der Waals surface area (Å²) < 4.78 is 5.28. The van der Waals surface area contributed by atoms with Gasteiger partial charge in [-0.2, -0.15) is 0 Å². The number of carbonyl (C=O) groups is 2. The van der Waals surface area contributed by atoms with Crippen molar-refractivity contribution in [2.75, 3.05) is 6.54 Å². The predicted octanol–water partition coefficient (Wildman–Crippen LogP) is 2.67. The molecule has 1 aromatic rings. The maximum absolute atomic E-state index is 12.1. The number of carboxylic acid groups (broad SMARTS) is 1. The Labute approximate surface area is 115 Å². The molecular formula is C13H17NO4S. The molecule has 5 nitrogen and oxygen atoms in total. The van der Waals surface area contributed by atoms with Gasteiger partial charge in [0.1, 0.15) is 5.60 Å². The number of rotatable bonds is 1. The van der Waals surface area contributed by atoms with Crippen molar-refractivity contribution in [3.8, 4) is 0 Å². The summed E-state index contributed by atoms with van der Waals surface area (Å²) in [6, 6.07) is 0.833. The first-order chi connectivity index (χ1) is 8.79. The third-order valence-corrected chi connectivity index (χ3v) is 3.82. The van der Waals surface area contributed by atoms with Gasteiger partial charge >= 0.3 is 12.1 Å². The molecule has 1 aliphatic heterocycles. The first kappa shape index (κ1) is 13.9. The van der Waals surface area contributed by atoms with Gasteiger partial charge in [0.05, 0.1) is 0 Å². The van der Waals surface area contributed by atoms with Crippen molar-refractivity contribution < 1.29 is 19.4 Å². The third kappa shape index (κ3) is 2.89. The van der Waals surface area contributed by atoms with E-state index in [2.05, 4.69) is 0 Å². The minimum Gasteiger partial charge on any atom is -0.479 e. The Hall–Kier alpha value is -1.56. The summed E-state index contributed by atoms with van der Waals surface area (Å²) in [6.45, 7) is 5.67. The lowest BCUT2D eigenvalue weighted by Gasteiger charge is -2.34. The highest BCUT2D eigenvalue weighted by Gasteiger charge is 2.38. The average molecular weight is 283 g/mol. The molecule has 1 unspecified atom stereocenters. The number of thiophene rings is 1. The van der Waals surface area contributed by atoms with Crippen molar-refractivity contribution >= 4 is 23.4 Å². The molecule has 1 atom stereocenters. The van der Waals surface area contributed by atoms with Crippen LogP contribution < -0.4 is 0 Å². The lowest BCUT2D eigenvalue weighted by molar-refractivity contribution is -0.143. The van der Waals surface area contributed by atoms with Crippen LogP contribution in [0.4, 0.5) is 4.79 Å². The Balaban J connectivity index is 2.27. The van der Waals surface area contributed by atoms with Crippen molar-refractivity contribution in [1.29, 1.82) is 0 Å². The fourth-order valence-electron chi connectivity index (χ4n) is 2.10. The monoisotopic (exact) mass is 283 g/mol. The zero-order valence-corrected chi connectivity index (χ0v) is 12.0. The number of fused-ring (bicyclic) bond motifs is 1. The summed E-state index contributed by atoms with van der Waals surface area (Å²) >= 11 is 1.53. The standard InChI is InChI=1S/C13H17NO4S/c1-13(2,3)18-12(17)14-6-4-9-8(5-7-19-9)10(14)11(15)16/h5,7,10H,4,6H2,1-3H3,(H,15,16). The largest absolute Gasteiger partial charge is 0.479 e. The molecule has 1 amide bonds. The lowest BCUT2D eigenvalue weighted by Crippen LogP contribution is -2.45. The third-order valence-electron chi connectivity index (χ3n) is 2.83. The molecule has 1 aromatic heterocycles. The zero-order chi connectivity index (χ0) is 14.2. The number of aliphatic carboxylic acids is 1. The highest BCUT2D eigenvalue weighted by molar-refractivity contribution is 7.10. The maximum atomic E-state index is 12.1. The van der Waals surface area contributed by atoms with E-state index in [1.807, 2.05) is 5.38 Å². The second-order valence-corrected chi connectivity index (χ2v) is 6.46. The van der Waals surface area contributed by atoms with Gasteiger partial charge in [0.25, 0.3) is 0 Å². The fourth-order valence-corrected chi connectivity index (χ4v) is 3.00. The summed E-state index contributed by atoms with van der Waals surface area (Å²) in [5.74, 6) is -1.02. The van der Waals surface area contributed by atoms with E-state index in [1.54, 1.807) is 26.8 Å². The van der Waals surface area contributed by atoms with E-state index in [4.69, 9.17) is 4.74 Å². The number of hydrogen-bond donors (Lipinski definition) is 1. The molecule has 0 bridgehead atoms. The Morgan fingerprint density at radius 2 is 2.16 bits per heavy atom. The first-order valence-electron chi connectivity index (χ1n) is 6.08. The van der Waals surface area contributed by atoms with Crippen LogP contribution in [0.1, 0.15) is 37.3 Å². The topological polar surface area (TPSA) is 66.8 Å². The number of hydrogen-bond acceptors (Lipinski definition) is 4. The van der Waals surface area contributed by atoms with E-state index in [0.29, 0.717) is 18.5 Å². The van der Waals surface area contributed by atoms with Gasteiger partial charge in [0, 0.05) is 11.4 Å². The molecule has 6 heteroatoms. The van der Waals surface area contributed by atoms with Gasteiger partial charge < -0.3 is 9.84 Å². The van der Waals surface area contributed by atoms with Crippen molar-refractivity contribution in [1.82, 2.24) is 4.90 Å². The van der Waals surface area contributed by atoms with E-state index in [-0.39, 0.29) is 0 Å². The van der Waals surface area contributed by atoms with Crippen LogP contribution in [0.5, 0.6) is 0 Å². The van der Waals surface area contributed by atoms with Crippen LogP contribution >= 0.6 is 11.3 Å². The van der Waals surface area contributed by atoms with Gasteiger partial charge in [-0.25, -0.2) is 9.59 Å². The van der Waals surface area contributed by atoms with Crippen molar-refractivity contribution in [3.63, 3.8) is 0 Å². The number of carboxylic acids is 1. The minimum absolute atomic E-state index is 0.374. The number of carbonyl (C=O) groups excluding carboxylic acids is 1.